The Hall–Kier alpha value is -1.70. The van der Waals surface area contributed by atoms with E-state index in [2.05, 4.69) is 22.0 Å². The van der Waals surface area contributed by atoms with Crippen molar-refractivity contribution >= 4 is 17.4 Å². The number of carbonyl (C=O) groups is 1. The molecule has 7 nitrogen and oxygen atoms in total. The van der Waals surface area contributed by atoms with Gasteiger partial charge in [0.2, 0.25) is 11.8 Å². The first-order valence-corrected chi connectivity index (χ1v) is 9.75. The van der Waals surface area contributed by atoms with Crippen molar-refractivity contribution in [1.82, 2.24) is 10.1 Å². The maximum Gasteiger partial charge on any atom is 0.246 e. The van der Waals surface area contributed by atoms with Gasteiger partial charge in [-0.25, -0.2) is 0 Å². The highest BCUT2D eigenvalue weighted by molar-refractivity contribution is 5.96. The van der Waals surface area contributed by atoms with E-state index in [9.17, 15) is 4.79 Å². The van der Waals surface area contributed by atoms with Crippen molar-refractivity contribution < 1.29 is 18.8 Å². The second kappa shape index (κ2) is 8.54. The zero-order chi connectivity index (χ0) is 19.4. The van der Waals surface area contributed by atoms with Crippen LogP contribution in [0.2, 0.25) is 0 Å². The Balaban J connectivity index is 1.61. The summed E-state index contributed by atoms with van der Waals surface area (Å²) in [5, 5.41) is 6.97. The minimum atomic E-state index is -0.674. The lowest BCUT2D eigenvalue weighted by Gasteiger charge is -2.41. The van der Waals surface area contributed by atoms with Gasteiger partial charge in [-0.3, -0.25) is 15.0 Å². The molecule has 1 amide bonds. The molecule has 0 aliphatic carbocycles. The van der Waals surface area contributed by atoms with Gasteiger partial charge in [-0.05, 0) is 58.1 Å². The molecule has 0 bridgehead atoms. The molecule has 2 aliphatic heterocycles. The smallest absolute Gasteiger partial charge is 0.246 e. The molecule has 27 heavy (non-hydrogen) atoms. The van der Waals surface area contributed by atoms with Crippen LogP contribution in [0.25, 0.3) is 5.57 Å². The minimum Gasteiger partial charge on any atom is -0.381 e. The van der Waals surface area contributed by atoms with Gasteiger partial charge in [0.15, 0.2) is 0 Å². The lowest BCUT2D eigenvalue weighted by molar-refractivity contribution is -0.128. The number of amides is 1. The second-order valence-corrected chi connectivity index (χ2v) is 7.96. The van der Waals surface area contributed by atoms with Crippen LogP contribution in [0.1, 0.15) is 45.2 Å². The van der Waals surface area contributed by atoms with Crippen molar-refractivity contribution in [1.29, 1.82) is 0 Å². The summed E-state index contributed by atoms with van der Waals surface area (Å²) in [5.74, 6) is 0.594. The molecule has 0 spiro atoms. The topological polar surface area (TPSA) is 76.8 Å². The minimum absolute atomic E-state index is 0.115. The first-order valence-electron chi connectivity index (χ1n) is 9.75. The van der Waals surface area contributed by atoms with Crippen molar-refractivity contribution in [2.45, 2.75) is 51.1 Å². The third kappa shape index (κ3) is 4.59. The number of nitrogens with one attached hydrogen (secondary N) is 1. The third-order valence-electron chi connectivity index (χ3n) is 5.97. The first kappa shape index (κ1) is 20.0. The van der Waals surface area contributed by atoms with Crippen LogP contribution < -0.4 is 5.32 Å². The van der Waals surface area contributed by atoms with E-state index in [0.29, 0.717) is 23.5 Å². The normalized spacial score (nSPS) is 20.0. The Morgan fingerprint density at radius 2 is 1.78 bits per heavy atom. The fraction of sp³-hybridized carbons (Fsp3) is 0.700. The zero-order valence-corrected chi connectivity index (χ0v) is 16.6. The van der Waals surface area contributed by atoms with Crippen molar-refractivity contribution in [3.63, 3.8) is 0 Å². The molecule has 0 saturated carbocycles. The van der Waals surface area contributed by atoms with Crippen LogP contribution in [-0.2, 0) is 14.3 Å². The molecule has 7 heteroatoms. The van der Waals surface area contributed by atoms with Crippen molar-refractivity contribution in [2.75, 3.05) is 38.8 Å². The van der Waals surface area contributed by atoms with Crippen LogP contribution in [0.5, 0.6) is 0 Å². The SMILES string of the molecule is C=C(c1cc(NC(=O)C(C)(C)N(C)C2CCOCC2)on1)C1CCOCC1. The molecule has 0 aromatic carbocycles. The Morgan fingerprint density at radius 3 is 2.41 bits per heavy atom. The van der Waals surface area contributed by atoms with E-state index < -0.39 is 5.54 Å². The molecule has 0 atom stereocenters. The fourth-order valence-electron chi connectivity index (χ4n) is 3.69. The van der Waals surface area contributed by atoms with E-state index in [1.54, 1.807) is 6.07 Å². The summed E-state index contributed by atoms with van der Waals surface area (Å²) in [7, 11) is 1.99. The summed E-state index contributed by atoms with van der Waals surface area (Å²) in [6.07, 6.45) is 3.75. The van der Waals surface area contributed by atoms with Crippen LogP contribution in [0, 0.1) is 5.92 Å². The Kier molecular flexibility index (Phi) is 6.34. The summed E-state index contributed by atoms with van der Waals surface area (Å²) in [4.78, 5) is 15.0. The highest BCUT2D eigenvalue weighted by atomic mass is 16.5. The van der Waals surface area contributed by atoms with Crippen LogP contribution in [0.15, 0.2) is 17.2 Å². The fourth-order valence-corrected chi connectivity index (χ4v) is 3.69. The van der Waals surface area contributed by atoms with Gasteiger partial charge in [0.05, 0.1) is 5.54 Å². The molecule has 2 fully saturated rings. The number of allylic oxidation sites excluding steroid dienone is 1. The summed E-state index contributed by atoms with van der Waals surface area (Å²) in [6.45, 7) is 11.0. The number of anilines is 1. The number of rotatable bonds is 6. The molecule has 3 heterocycles. The summed E-state index contributed by atoms with van der Waals surface area (Å²) < 4.78 is 16.2. The van der Waals surface area contributed by atoms with E-state index in [-0.39, 0.29) is 5.91 Å². The molecular weight excluding hydrogens is 346 g/mol. The lowest BCUT2D eigenvalue weighted by atomic mass is 9.90. The van der Waals surface area contributed by atoms with Crippen LogP contribution in [0.4, 0.5) is 5.88 Å². The monoisotopic (exact) mass is 377 g/mol. The number of aromatic nitrogens is 1. The summed E-state index contributed by atoms with van der Waals surface area (Å²) in [5.41, 5.74) is 0.973. The molecule has 0 radical (unpaired) electrons. The van der Waals surface area contributed by atoms with Crippen LogP contribution in [0.3, 0.4) is 0 Å². The maximum absolute atomic E-state index is 12.9. The number of hydrogen-bond acceptors (Lipinski definition) is 6. The molecule has 150 valence electrons. The van der Waals surface area contributed by atoms with Crippen LogP contribution in [-0.4, -0.2) is 61.0 Å². The van der Waals surface area contributed by atoms with Gasteiger partial charge >= 0.3 is 0 Å². The Bertz CT molecular complexity index is 658. The lowest BCUT2D eigenvalue weighted by Crippen LogP contribution is -2.55. The van der Waals surface area contributed by atoms with E-state index in [0.717, 1.165) is 57.7 Å². The molecule has 3 rings (SSSR count). The number of likely N-dealkylation sites (N-methyl/N-ethyl adjacent to an activating group) is 1. The largest absolute Gasteiger partial charge is 0.381 e. The molecule has 2 saturated heterocycles. The second-order valence-electron chi connectivity index (χ2n) is 7.96. The van der Waals surface area contributed by atoms with Crippen LogP contribution >= 0.6 is 0 Å². The van der Waals surface area contributed by atoms with Crippen molar-refractivity contribution in [3.8, 4) is 0 Å². The van der Waals surface area contributed by atoms with E-state index in [1.807, 2.05) is 20.9 Å². The summed E-state index contributed by atoms with van der Waals surface area (Å²) >= 11 is 0. The van der Waals surface area contributed by atoms with Gasteiger partial charge in [0.25, 0.3) is 0 Å². The summed E-state index contributed by atoms with van der Waals surface area (Å²) in [6, 6.07) is 2.10. The van der Waals surface area contributed by atoms with Gasteiger partial charge < -0.3 is 14.0 Å². The predicted octanol–water partition coefficient (Wildman–Crippen LogP) is 2.94. The number of carbonyl (C=O) groups excluding carboxylic acids is 1. The molecule has 1 aromatic rings. The Morgan fingerprint density at radius 1 is 1.19 bits per heavy atom. The standard InChI is InChI=1S/C20H31N3O4/c1-14(15-5-9-25-10-6-15)17-13-18(27-22-17)21-19(24)20(2,3)23(4)16-7-11-26-12-8-16/h13,15-16H,1,5-12H2,2-4H3,(H,21,24). The van der Waals surface area contributed by atoms with Gasteiger partial charge in [0.1, 0.15) is 5.69 Å². The zero-order valence-electron chi connectivity index (χ0n) is 16.6. The quantitative estimate of drug-likeness (QED) is 0.821. The molecule has 1 aromatic heterocycles. The first-order chi connectivity index (χ1) is 12.9. The van der Waals surface area contributed by atoms with Crippen molar-refractivity contribution in [3.05, 3.63) is 18.3 Å². The molecule has 0 unspecified atom stereocenters. The van der Waals surface area contributed by atoms with Gasteiger partial charge in [-0.15, -0.1) is 0 Å². The molecule has 1 N–H and O–H groups in total. The van der Waals surface area contributed by atoms with Gasteiger partial charge in [-0.1, -0.05) is 11.7 Å². The average molecular weight is 377 g/mol. The number of hydrogen-bond donors (Lipinski definition) is 1. The maximum atomic E-state index is 12.9. The van der Waals surface area contributed by atoms with E-state index in [1.165, 1.54) is 0 Å². The van der Waals surface area contributed by atoms with Crippen molar-refractivity contribution in [2.24, 2.45) is 5.92 Å². The van der Waals surface area contributed by atoms with E-state index >= 15 is 0 Å². The van der Waals surface area contributed by atoms with E-state index in [4.69, 9.17) is 14.0 Å². The predicted molar refractivity (Wildman–Crippen MR) is 103 cm³/mol. The molecular formula is C20H31N3O4. The average Bonchev–Trinajstić information content (AvgIpc) is 3.16. The molecule has 2 aliphatic rings. The number of ether oxygens (including phenoxy) is 2. The van der Waals surface area contributed by atoms with Gasteiger partial charge in [0, 0.05) is 38.5 Å². The highest BCUT2D eigenvalue weighted by Gasteiger charge is 2.37. The Labute approximate surface area is 161 Å². The number of nitrogens with zero attached hydrogens (tertiary/aromatic N) is 2. The highest BCUT2D eigenvalue weighted by Crippen LogP contribution is 2.30. The third-order valence-corrected chi connectivity index (χ3v) is 5.97. The van der Waals surface area contributed by atoms with Gasteiger partial charge in [-0.2, -0.15) is 0 Å².